The minimum atomic E-state index is -0.337. The van der Waals surface area contributed by atoms with Gasteiger partial charge < -0.3 is 9.52 Å². The Hall–Kier alpha value is -3.57. The Morgan fingerprint density at radius 1 is 0.909 bits per heavy atom. The first-order valence-electron chi connectivity index (χ1n) is 19.8. The fourth-order valence-electron chi connectivity index (χ4n) is 7.08. The second-order valence-corrected chi connectivity index (χ2v) is 18.1. The normalized spacial score (nSPS) is 12.6. The molecule has 1 N–H and O–H groups in total. The molecule has 4 nitrogen and oxygen atoms in total. The van der Waals surface area contributed by atoms with Gasteiger partial charge in [0.05, 0.1) is 4.88 Å². The number of aromatic nitrogens is 1. The van der Waals surface area contributed by atoms with Crippen molar-refractivity contribution in [1.82, 2.24) is 4.98 Å². The fraction of sp³-hybridized carbons (Fsp3) is 0.429. The molecule has 6 rings (SSSR count). The van der Waals surface area contributed by atoms with Crippen LogP contribution >= 0.6 is 11.3 Å². The van der Waals surface area contributed by atoms with Crippen LogP contribution in [0.5, 0.6) is 0 Å². The van der Waals surface area contributed by atoms with Gasteiger partial charge in [-0.3, -0.25) is 9.78 Å². The minimum absolute atomic E-state index is 0. The van der Waals surface area contributed by atoms with Gasteiger partial charge in [-0.15, -0.1) is 40.5 Å². The van der Waals surface area contributed by atoms with Crippen molar-refractivity contribution in [3.05, 3.63) is 101 Å². The maximum atomic E-state index is 12.2. The largest absolute Gasteiger partial charge is 0.512 e. The van der Waals surface area contributed by atoms with E-state index in [-0.39, 0.29) is 47.9 Å². The van der Waals surface area contributed by atoms with Crippen LogP contribution in [0, 0.1) is 29.7 Å². The number of fused-ring (bicyclic) bond motifs is 3. The summed E-state index contributed by atoms with van der Waals surface area (Å²) in [7, 11) is 0. The van der Waals surface area contributed by atoms with E-state index < -0.39 is 0 Å². The Balaban J connectivity index is 0.000000320. The third-order valence-corrected chi connectivity index (χ3v) is 12.8. The molecule has 6 aromatic rings. The monoisotopic (exact) mass is 935 g/mol. The summed E-state index contributed by atoms with van der Waals surface area (Å²) in [6.45, 7) is 25.6. The van der Waals surface area contributed by atoms with Crippen LogP contribution in [-0.4, -0.2) is 15.9 Å². The van der Waals surface area contributed by atoms with Crippen LogP contribution in [0.2, 0.25) is 0 Å². The summed E-state index contributed by atoms with van der Waals surface area (Å²) in [6, 6.07) is 25.5. The molecule has 0 fully saturated rings. The Morgan fingerprint density at radius 2 is 1.56 bits per heavy atom. The molecule has 3 aromatic carbocycles. The maximum Gasteiger partial charge on any atom is 0.164 e. The van der Waals surface area contributed by atoms with Crippen LogP contribution in [0.3, 0.4) is 0 Å². The van der Waals surface area contributed by atoms with E-state index in [2.05, 4.69) is 102 Å². The van der Waals surface area contributed by atoms with Crippen LogP contribution in [0.4, 0.5) is 0 Å². The topological polar surface area (TPSA) is 63.3 Å². The molecule has 55 heavy (non-hydrogen) atoms. The van der Waals surface area contributed by atoms with Gasteiger partial charge in [0.2, 0.25) is 0 Å². The SMILES string of the molecule is CCC(C)(CC)C(=O)/C=C(\O)C(C)(CC)CC.Cc1c(-c2cc3ccc(CC(C)C)cc3s2)oc2ccnc(-c3[c-]c4ccccc4c(C(C)(C)C)c3)c12.[Ir]. The number of ketones is 1. The van der Waals surface area contributed by atoms with Gasteiger partial charge in [-0.2, -0.15) is 0 Å². The van der Waals surface area contributed by atoms with E-state index in [9.17, 15) is 9.90 Å². The van der Waals surface area contributed by atoms with Gasteiger partial charge in [-0.1, -0.05) is 117 Å². The summed E-state index contributed by atoms with van der Waals surface area (Å²) in [5.74, 6) is 1.87. The van der Waals surface area contributed by atoms with E-state index in [1.54, 1.807) is 0 Å². The molecule has 3 aromatic heterocycles. The first-order chi connectivity index (χ1) is 25.5. The minimum Gasteiger partial charge on any atom is -0.512 e. The average molecular weight is 935 g/mol. The first-order valence-corrected chi connectivity index (χ1v) is 20.6. The Bertz CT molecular complexity index is 2290. The summed E-state index contributed by atoms with van der Waals surface area (Å²) in [5.41, 5.74) is 6.04. The van der Waals surface area contributed by atoms with Crippen molar-refractivity contribution in [2.45, 2.75) is 121 Å². The van der Waals surface area contributed by atoms with E-state index in [4.69, 9.17) is 9.40 Å². The number of nitrogens with zero attached hydrogens (tertiary/aromatic N) is 1. The van der Waals surface area contributed by atoms with Gasteiger partial charge in [-0.25, -0.2) is 0 Å². The number of thiophene rings is 1. The number of allylic oxidation sites excluding steroid dienone is 2. The molecule has 0 aliphatic heterocycles. The average Bonchev–Trinajstić information content (AvgIpc) is 3.73. The van der Waals surface area contributed by atoms with Gasteiger partial charge >= 0.3 is 0 Å². The van der Waals surface area contributed by atoms with E-state index in [0.29, 0.717) is 5.92 Å². The summed E-state index contributed by atoms with van der Waals surface area (Å²) >= 11 is 1.81. The number of aryl methyl sites for hydroxylation is 1. The van der Waals surface area contributed by atoms with Gasteiger partial charge in [0.1, 0.15) is 17.1 Å². The van der Waals surface area contributed by atoms with Gasteiger partial charge in [-0.05, 0) is 85.1 Å². The number of benzene rings is 3. The molecule has 0 aliphatic rings. The third-order valence-electron chi connectivity index (χ3n) is 11.7. The third kappa shape index (κ3) is 9.36. The molecule has 295 valence electrons. The summed E-state index contributed by atoms with van der Waals surface area (Å²) in [5, 5.41) is 14.8. The summed E-state index contributed by atoms with van der Waals surface area (Å²) < 4.78 is 7.82. The van der Waals surface area contributed by atoms with Crippen LogP contribution in [0.25, 0.3) is 53.7 Å². The number of rotatable bonds is 11. The predicted octanol–water partition coefficient (Wildman–Crippen LogP) is 14.8. The van der Waals surface area contributed by atoms with Crippen molar-refractivity contribution in [1.29, 1.82) is 0 Å². The molecular formula is C49H60IrNO3S-. The maximum absolute atomic E-state index is 12.2. The Labute approximate surface area is 347 Å². The summed E-state index contributed by atoms with van der Waals surface area (Å²) in [6.07, 6.45) is 7.71. The fourth-order valence-corrected chi connectivity index (χ4v) is 8.24. The molecule has 0 bridgehead atoms. The molecule has 0 atom stereocenters. The molecule has 3 heterocycles. The molecular weight excluding hydrogens is 875 g/mol. The number of carbonyl (C=O) groups excluding carboxylic acids is 1. The van der Waals surface area contributed by atoms with E-state index in [1.807, 2.05) is 65.1 Å². The Morgan fingerprint density at radius 3 is 2.18 bits per heavy atom. The molecule has 1 radical (unpaired) electrons. The molecule has 0 spiro atoms. The first kappa shape index (κ1) is 44.1. The van der Waals surface area contributed by atoms with Gasteiger partial charge in [0.15, 0.2) is 5.78 Å². The number of hydrogen-bond donors (Lipinski definition) is 1. The molecule has 0 unspecified atom stereocenters. The second kappa shape index (κ2) is 17.7. The number of aliphatic hydroxyl groups excluding tert-OH is 1. The number of carbonyl (C=O) groups is 1. The number of aliphatic hydroxyl groups is 1. The quantitative estimate of drug-likeness (QED) is 0.0799. The Kier molecular flexibility index (Phi) is 14.2. The second-order valence-electron chi connectivity index (χ2n) is 17.0. The van der Waals surface area contributed by atoms with Crippen molar-refractivity contribution in [2.75, 3.05) is 0 Å². The molecule has 0 aliphatic carbocycles. The van der Waals surface area contributed by atoms with E-state index in [0.717, 1.165) is 75.9 Å². The number of pyridine rings is 1. The van der Waals surface area contributed by atoms with Crippen molar-refractivity contribution >= 4 is 48.9 Å². The van der Waals surface area contributed by atoms with Crippen LogP contribution in [-0.2, 0) is 36.7 Å². The van der Waals surface area contributed by atoms with Crippen LogP contribution < -0.4 is 0 Å². The smallest absolute Gasteiger partial charge is 0.164 e. The zero-order chi connectivity index (χ0) is 39.6. The van der Waals surface area contributed by atoms with E-state index in [1.165, 1.54) is 32.7 Å². The number of hydrogen-bond acceptors (Lipinski definition) is 5. The van der Waals surface area contributed by atoms with Crippen LogP contribution in [0.1, 0.15) is 119 Å². The zero-order valence-corrected chi connectivity index (χ0v) is 38.2. The van der Waals surface area contributed by atoms with E-state index >= 15 is 0 Å². The number of furan rings is 1. The summed E-state index contributed by atoms with van der Waals surface area (Å²) in [4.78, 5) is 18.2. The van der Waals surface area contributed by atoms with Gasteiger partial charge in [0, 0.05) is 59.0 Å². The van der Waals surface area contributed by atoms with Crippen molar-refractivity contribution in [3.63, 3.8) is 0 Å². The molecule has 0 amide bonds. The molecule has 0 saturated carbocycles. The zero-order valence-electron chi connectivity index (χ0n) is 35.0. The van der Waals surface area contributed by atoms with Crippen LogP contribution in [0.15, 0.2) is 83.1 Å². The van der Waals surface area contributed by atoms with Crippen molar-refractivity contribution in [3.8, 4) is 21.9 Å². The molecule has 6 heteroatoms. The molecule has 0 saturated heterocycles. The van der Waals surface area contributed by atoms with Crippen molar-refractivity contribution < 1.29 is 34.4 Å². The van der Waals surface area contributed by atoms with Crippen molar-refractivity contribution in [2.24, 2.45) is 16.7 Å². The standard InChI is InChI=1S/C34H32NOS.C15H28O2.Ir/c1-20(2)15-22-11-12-24-19-30(37-29(24)16-22)33-21(3)31-28(36-33)13-14-35-32(31)25-17-23-9-7-8-10-26(23)27(18-25)34(4,5)6;1-7-14(5,8-2)12(16)11-13(17)15(6,9-3)10-4;/h7-14,16,18-20H,15H2,1-6H3;11,16H,7-10H2,1-6H3;/q-1;;/b;12-11-;. The predicted molar refractivity (Wildman–Crippen MR) is 232 cm³/mol. The van der Waals surface area contributed by atoms with Gasteiger partial charge in [0.25, 0.3) is 0 Å².